The van der Waals surface area contributed by atoms with Crippen LogP contribution in [0.15, 0.2) is 24.4 Å². The molecule has 2 heterocycles. The maximum Gasteiger partial charge on any atom is 0.366 e. The maximum atomic E-state index is 13.2. The van der Waals surface area contributed by atoms with Gasteiger partial charge < -0.3 is 19.7 Å². The Morgan fingerprint density at radius 3 is 2.55 bits per heavy atom. The van der Waals surface area contributed by atoms with E-state index in [0.717, 1.165) is 34.6 Å². The SMILES string of the molecule is COc1ccc2c(CCN(C)C)cn(S(=O)(=O)OCC(C)(C)C(=O)OCC3(C)CNC3)c2c1. The molecule has 1 fully saturated rings. The molecule has 0 aliphatic carbocycles. The van der Waals surface area contributed by atoms with Crippen LogP contribution in [-0.4, -0.2) is 77.3 Å². The number of hydrogen-bond donors (Lipinski definition) is 1. The molecule has 0 bridgehead atoms. The van der Waals surface area contributed by atoms with Crippen LogP contribution in [-0.2, 0) is 30.4 Å². The molecule has 1 aliphatic heterocycles. The lowest BCUT2D eigenvalue weighted by Crippen LogP contribution is -2.54. The van der Waals surface area contributed by atoms with Gasteiger partial charge in [-0.2, -0.15) is 8.42 Å². The van der Waals surface area contributed by atoms with Crippen LogP contribution in [0.2, 0.25) is 0 Å². The molecule has 3 rings (SSSR count). The number of carbonyl (C=O) groups excluding carboxylic acids is 1. The molecule has 10 heteroatoms. The van der Waals surface area contributed by atoms with Crippen molar-refractivity contribution in [2.45, 2.75) is 27.2 Å². The van der Waals surface area contributed by atoms with E-state index >= 15 is 0 Å². The third-order valence-electron chi connectivity index (χ3n) is 5.91. The number of rotatable bonds is 11. The highest BCUT2D eigenvalue weighted by atomic mass is 32.2. The molecule has 0 unspecified atom stereocenters. The number of benzene rings is 1. The molecular formula is C23H35N3O6S. The van der Waals surface area contributed by atoms with Gasteiger partial charge in [-0.1, -0.05) is 6.92 Å². The van der Waals surface area contributed by atoms with E-state index in [9.17, 15) is 13.2 Å². The summed E-state index contributed by atoms with van der Waals surface area (Å²) in [5.41, 5.74) is 0.142. The zero-order valence-electron chi connectivity index (χ0n) is 20.3. The third kappa shape index (κ3) is 5.87. The first-order chi connectivity index (χ1) is 15.4. The lowest BCUT2D eigenvalue weighted by Gasteiger charge is -2.39. The number of hydrogen-bond acceptors (Lipinski definition) is 8. The number of esters is 1. The first kappa shape index (κ1) is 25.5. The van der Waals surface area contributed by atoms with Crippen LogP contribution in [0.5, 0.6) is 5.75 Å². The molecule has 1 N–H and O–H groups in total. The first-order valence-electron chi connectivity index (χ1n) is 11.0. The molecule has 1 aromatic heterocycles. The molecule has 0 atom stereocenters. The maximum absolute atomic E-state index is 13.2. The second-order valence-corrected chi connectivity index (χ2v) is 11.5. The Morgan fingerprint density at radius 1 is 1.27 bits per heavy atom. The second kappa shape index (κ2) is 9.61. The van der Waals surface area contributed by atoms with Gasteiger partial charge in [0.25, 0.3) is 0 Å². The average Bonchev–Trinajstić information content (AvgIpc) is 3.12. The van der Waals surface area contributed by atoms with E-state index in [1.54, 1.807) is 32.2 Å². The standard InChI is InChI=1S/C23H35N3O6S/c1-22(2,21(27)31-16-23(3)13-24-14-23)15-32-33(28,29)26-12-17(9-10-25(4)5)19-8-7-18(30-6)11-20(19)26/h7-8,11-12,24H,9-10,13-16H2,1-6H3. The number of aromatic nitrogens is 1. The largest absolute Gasteiger partial charge is 0.497 e. The fourth-order valence-electron chi connectivity index (χ4n) is 3.53. The summed E-state index contributed by atoms with van der Waals surface area (Å²) in [7, 11) is 1.25. The van der Waals surface area contributed by atoms with Gasteiger partial charge in [-0.3, -0.25) is 8.98 Å². The number of fused-ring (bicyclic) bond motifs is 1. The summed E-state index contributed by atoms with van der Waals surface area (Å²) in [5, 5.41) is 3.97. The van der Waals surface area contributed by atoms with Crippen LogP contribution in [0.1, 0.15) is 26.3 Å². The van der Waals surface area contributed by atoms with E-state index in [-0.39, 0.29) is 18.6 Å². The van der Waals surface area contributed by atoms with Crippen molar-refractivity contribution < 1.29 is 26.9 Å². The lowest BCUT2D eigenvalue weighted by atomic mass is 9.85. The molecule has 1 aromatic carbocycles. The zero-order chi connectivity index (χ0) is 24.4. The Kier molecular flexibility index (Phi) is 7.42. The predicted molar refractivity (Wildman–Crippen MR) is 127 cm³/mol. The molecule has 0 amide bonds. The molecule has 1 aliphatic rings. The Hall–Kier alpha value is -2.14. The van der Waals surface area contributed by atoms with E-state index in [4.69, 9.17) is 13.7 Å². The van der Waals surface area contributed by atoms with Crippen LogP contribution in [0.4, 0.5) is 0 Å². The van der Waals surface area contributed by atoms with E-state index in [0.29, 0.717) is 17.7 Å². The molecule has 0 saturated carbocycles. The summed E-state index contributed by atoms with van der Waals surface area (Å²) in [6.07, 6.45) is 2.25. The number of likely N-dealkylation sites (N-methyl/N-ethyl adjacent to an activating group) is 1. The summed E-state index contributed by atoms with van der Waals surface area (Å²) in [6.45, 7) is 7.55. The fourth-order valence-corrected chi connectivity index (χ4v) is 4.73. The Morgan fingerprint density at radius 2 is 1.97 bits per heavy atom. The van der Waals surface area contributed by atoms with Crippen molar-refractivity contribution in [1.29, 1.82) is 0 Å². The molecule has 1 saturated heterocycles. The minimum absolute atomic E-state index is 0.0786. The second-order valence-electron chi connectivity index (χ2n) is 9.98. The van der Waals surface area contributed by atoms with Crippen molar-refractivity contribution >= 4 is 27.2 Å². The van der Waals surface area contributed by atoms with Crippen molar-refractivity contribution in [2.75, 3.05) is 54.1 Å². The van der Waals surface area contributed by atoms with Crippen molar-refractivity contribution in [2.24, 2.45) is 10.8 Å². The van der Waals surface area contributed by atoms with Gasteiger partial charge in [0.2, 0.25) is 0 Å². The first-order valence-corrected chi connectivity index (χ1v) is 12.3. The van der Waals surface area contributed by atoms with Crippen LogP contribution >= 0.6 is 0 Å². The highest BCUT2D eigenvalue weighted by molar-refractivity contribution is 7.85. The molecular weight excluding hydrogens is 446 g/mol. The van der Waals surface area contributed by atoms with Crippen LogP contribution in [0.25, 0.3) is 10.9 Å². The van der Waals surface area contributed by atoms with Gasteiger partial charge in [-0.05, 0) is 52.1 Å². The Balaban J connectivity index is 1.79. The van der Waals surface area contributed by atoms with Gasteiger partial charge in [-0.15, -0.1) is 0 Å². The van der Waals surface area contributed by atoms with Crippen LogP contribution in [0, 0.1) is 10.8 Å². The number of nitrogens with zero attached hydrogens (tertiary/aromatic N) is 2. The van der Waals surface area contributed by atoms with Gasteiger partial charge in [-0.25, -0.2) is 3.97 Å². The van der Waals surface area contributed by atoms with Gasteiger partial charge in [0, 0.05) is 42.7 Å². The Labute approximate surface area is 196 Å². The molecule has 9 nitrogen and oxygen atoms in total. The fraction of sp³-hybridized carbons (Fsp3) is 0.609. The summed E-state index contributed by atoms with van der Waals surface area (Å²) in [5.74, 6) is 0.0515. The Bertz CT molecular complexity index is 1100. The molecule has 0 radical (unpaired) electrons. The highest BCUT2D eigenvalue weighted by Gasteiger charge is 2.37. The van der Waals surface area contributed by atoms with Crippen LogP contribution in [0.3, 0.4) is 0 Å². The number of ether oxygens (including phenoxy) is 2. The topological polar surface area (TPSA) is 99.1 Å². The molecule has 33 heavy (non-hydrogen) atoms. The quantitative estimate of drug-likeness (QED) is 0.487. The van der Waals surface area contributed by atoms with Crippen molar-refractivity contribution in [3.63, 3.8) is 0 Å². The molecule has 184 valence electrons. The predicted octanol–water partition coefficient (Wildman–Crippen LogP) is 2.04. The summed E-state index contributed by atoms with van der Waals surface area (Å²) >= 11 is 0. The molecule has 2 aromatic rings. The summed E-state index contributed by atoms with van der Waals surface area (Å²) in [4.78, 5) is 14.6. The highest BCUT2D eigenvalue weighted by Crippen LogP contribution is 2.29. The number of methoxy groups -OCH3 is 1. The van der Waals surface area contributed by atoms with Gasteiger partial charge in [0.15, 0.2) is 0 Å². The number of nitrogens with one attached hydrogen (secondary N) is 1. The normalized spacial score (nSPS) is 16.1. The van der Waals surface area contributed by atoms with Gasteiger partial charge in [0.1, 0.15) is 5.75 Å². The van der Waals surface area contributed by atoms with Crippen LogP contribution < -0.4 is 10.1 Å². The van der Waals surface area contributed by atoms with Gasteiger partial charge in [0.05, 0.1) is 31.3 Å². The number of carbonyl (C=O) groups is 1. The van der Waals surface area contributed by atoms with Crippen molar-refractivity contribution in [3.05, 3.63) is 30.0 Å². The van der Waals surface area contributed by atoms with E-state index < -0.39 is 21.7 Å². The minimum Gasteiger partial charge on any atom is -0.497 e. The van der Waals surface area contributed by atoms with Gasteiger partial charge >= 0.3 is 16.3 Å². The van der Waals surface area contributed by atoms with Crippen molar-refractivity contribution in [3.8, 4) is 5.75 Å². The van der Waals surface area contributed by atoms with E-state index in [1.165, 1.54) is 7.11 Å². The average molecular weight is 482 g/mol. The monoisotopic (exact) mass is 481 g/mol. The third-order valence-corrected chi connectivity index (χ3v) is 7.11. The summed E-state index contributed by atoms with van der Waals surface area (Å²) < 4.78 is 43.6. The van der Waals surface area contributed by atoms with E-state index in [1.807, 2.05) is 32.0 Å². The minimum atomic E-state index is -4.20. The lowest BCUT2D eigenvalue weighted by molar-refractivity contribution is -0.160. The zero-order valence-corrected chi connectivity index (χ0v) is 21.1. The smallest absolute Gasteiger partial charge is 0.366 e. The summed E-state index contributed by atoms with van der Waals surface area (Å²) in [6, 6.07) is 5.32. The van der Waals surface area contributed by atoms with Crippen molar-refractivity contribution in [1.82, 2.24) is 14.2 Å². The van der Waals surface area contributed by atoms with E-state index in [2.05, 4.69) is 5.32 Å². The molecule has 0 spiro atoms.